The molecule has 0 aliphatic carbocycles. The van der Waals surface area contributed by atoms with Crippen molar-refractivity contribution in [2.24, 2.45) is 0 Å². The molecule has 410 valence electrons. The molecular formula is C62H91O11P. The third-order valence-electron chi connectivity index (χ3n) is 9.87. The van der Waals surface area contributed by atoms with Crippen LogP contribution in [0, 0.1) is 0 Å². The van der Waals surface area contributed by atoms with E-state index in [-0.39, 0.29) is 19.3 Å². The summed E-state index contributed by atoms with van der Waals surface area (Å²) in [5.41, 5.74) is 0. The highest BCUT2D eigenvalue weighted by molar-refractivity contribution is 7.47. The number of phosphoric acid groups is 1. The van der Waals surface area contributed by atoms with Crippen molar-refractivity contribution in [1.29, 1.82) is 0 Å². The first-order chi connectivity index (χ1) is 36.2. The van der Waals surface area contributed by atoms with Crippen molar-refractivity contribution in [3.05, 3.63) is 182 Å². The molecule has 0 fully saturated rings. The molecule has 0 saturated carbocycles. The molecule has 0 spiro atoms. The Morgan fingerprint density at radius 3 is 1.00 bits per heavy atom. The van der Waals surface area contributed by atoms with Gasteiger partial charge in [0.05, 0.1) is 26.2 Å². The zero-order valence-electron chi connectivity index (χ0n) is 45.0. The zero-order chi connectivity index (χ0) is 54.1. The quantitative estimate of drug-likeness (QED) is 0.0259. The third kappa shape index (κ3) is 51.5. The van der Waals surface area contributed by atoms with E-state index in [0.29, 0.717) is 25.7 Å². The SMILES string of the molecule is CC/C=C\C/C=C\C/C=C\C/C=C\C/C=C\C/C=C\CCC(=O)OC(COC(=O)CC/C=C\C/C=C\C/C=C\C/C=C\CC)COP(=O)(O)OCC(CO)OC(=O)C/C=C\C/C=C\C/C=C\C/C=C\C/C=C\CC. The van der Waals surface area contributed by atoms with E-state index < -0.39 is 64.4 Å². The number of phosphoric ester groups is 1. The topological polar surface area (TPSA) is 155 Å². The summed E-state index contributed by atoms with van der Waals surface area (Å²) in [6.45, 7) is 3.96. The van der Waals surface area contributed by atoms with Gasteiger partial charge < -0.3 is 24.2 Å². The van der Waals surface area contributed by atoms with Crippen LogP contribution in [0.4, 0.5) is 0 Å². The Labute approximate surface area is 446 Å². The van der Waals surface area contributed by atoms with Gasteiger partial charge in [0.1, 0.15) is 12.7 Å². The molecule has 0 radical (unpaired) electrons. The van der Waals surface area contributed by atoms with Gasteiger partial charge in [-0.25, -0.2) is 4.57 Å². The van der Waals surface area contributed by atoms with E-state index in [1.165, 1.54) is 0 Å². The van der Waals surface area contributed by atoms with Crippen molar-refractivity contribution in [3.63, 3.8) is 0 Å². The minimum absolute atomic E-state index is 0.00883. The van der Waals surface area contributed by atoms with Crippen molar-refractivity contribution in [1.82, 2.24) is 0 Å². The van der Waals surface area contributed by atoms with Crippen molar-refractivity contribution in [2.75, 3.05) is 26.4 Å². The van der Waals surface area contributed by atoms with Crippen LogP contribution in [0.15, 0.2) is 182 Å². The van der Waals surface area contributed by atoms with Gasteiger partial charge in [-0.1, -0.05) is 203 Å². The number of hydrogen-bond donors (Lipinski definition) is 2. The van der Waals surface area contributed by atoms with Crippen LogP contribution in [-0.4, -0.2) is 66.5 Å². The van der Waals surface area contributed by atoms with E-state index in [4.69, 9.17) is 23.3 Å². The average molecular weight is 1040 g/mol. The Bertz CT molecular complexity index is 1940. The maximum Gasteiger partial charge on any atom is 0.472 e. The summed E-state index contributed by atoms with van der Waals surface area (Å²) in [4.78, 5) is 48.3. The van der Waals surface area contributed by atoms with E-state index in [9.17, 15) is 28.9 Å². The van der Waals surface area contributed by atoms with Crippen molar-refractivity contribution in [2.45, 2.75) is 161 Å². The molecule has 0 aromatic heterocycles. The summed E-state index contributed by atoms with van der Waals surface area (Å²) in [5.74, 6) is -1.84. The fourth-order valence-electron chi connectivity index (χ4n) is 5.94. The second-order valence-corrected chi connectivity index (χ2v) is 18.0. The monoisotopic (exact) mass is 1040 g/mol. The van der Waals surface area contributed by atoms with E-state index in [0.717, 1.165) is 83.5 Å². The predicted molar refractivity (Wildman–Crippen MR) is 306 cm³/mol. The van der Waals surface area contributed by atoms with Crippen LogP contribution in [0.3, 0.4) is 0 Å². The van der Waals surface area contributed by atoms with Crippen molar-refractivity contribution < 1.29 is 52.2 Å². The Hall–Kier alpha value is -5.42. The molecule has 12 heteroatoms. The maximum absolute atomic E-state index is 12.9. The number of rotatable bonds is 46. The van der Waals surface area contributed by atoms with E-state index in [2.05, 4.69) is 148 Å². The Balaban J connectivity index is 5.04. The summed E-state index contributed by atoms with van der Waals surface area (Å²) in [7, 11) is -4.82. The molecular weight excluding hydrogens is 952 g/mol. The molecule has 0 saturated heterocycles. The van der Waals surface area contributed by atoms with E-state index in [1.807, 2.05) is 48.6 Å². The van der Waals surface area contributed by atoms with Crippen LogP contribution in [0.1, 0.15) is 149 Å². The summed E-state index contributed by atoms with van der Waals surface area (Å²) in [6, 6.07) is 0. The molecule has 0 aromatic rings. The molecule has 0 aromatic carbocycles. The highest BCUT2D eigenvalue weighted by atomic mass is 31.2. The lowest BCUT2D eigenvalue weighted by Crippen LogP contribution is -2.30. The average Bonchev–Trinajstić information content (AvgIpc) is 3.39. The molecule has 0 heterocycles. The summed E-state index contributed by atoms with van der Waals surface area (Å²) in [6.07, 6.45) is 73.5. The van der Waals surface area contributed by atoms with Gasteiger partial charge in [-0.3, -0.25) is 23.4 Å². The number of allylic oxidation sites excluding steroid dienone is 29. The molecule has 0 aliphatic rings. The van der Waals surface area contributed by atoms with Crippen molar-refractivity contribution >= 4 is 25.7 Å². The van der Waals surface area contributed by atoms with Gasteiger partial charge in [0.25, 0.3) is 0 Å². The van der Waals surface area contributed by atoms with E-state index >= 15 is 0 Å². The zero-order valence-corrected chi connectivity index (χ0v) is 45.9. The highest BCUT2D eigenvalue weighted by Crippen LogP contribution is 2.43. The number of ether oxygens (including phenoxy) is 3. The fraction of sp³-hybridized carbons (Fsp3) is 0.468. The largest absolute Gasteiger partial charge is 0.472 e. The first kappa shape index (κ1) is 68.6. The number of aliphatic hydroxyl groups is 1. The van der Waals surface area contributed by atoms with Crippen LogP contribution < -0.4 is 0 Å². The van der Waals surface area contributed by atoms with Crippen LogP contribution in [0.5, 0.6) is 0 Å². The minimum atomic E-state index is -4.82. The number of carbonyl (C=O) groups excluding carboxylic acids is 3. The minimum Gasteiger partial charge on any atom is -0.462 e. The normalized spacial score (nSPS) is 14.8. The molecule has 74 heavy (non-hydrogen) atoms. The smallest absolute Gasteiger partial charge is 0.462 e. The Kier molecular flexibility index (Phi) is 49.9. The van der Waals surface area contributed by atoms with E-state index in [1.54, 1.807) is 6.08 Å². The maximum atomic E-state index is 12.9. The molecule has 0 bridgehead atoms. The first-order valence-electron chi connectivity index (χ1n) is 26.7. The molecule has 0 rings (SSSR count). The van der Waals surface area contributed by atoms with Gasteiger partial charge in [0.15, 0.2) is 6.10 Å². The predicted octanol–water partition coefficient (Wildman–Crippen LogP) is 15.7. The molecule has 0 amide bonds. The highest BCUT2D eigenvalue weighted by Gasteiger charge is 2.28. The number of hydrogen-bond acceptors (Lipinski definition) is 10. The van der Waals surface area contributed by atoms with Crippen LogP contribution in [-0.2, 0) is 42.2 Å². The van der Waals surface area contributed by atoms with Crippen LogP contribution >= 0.6 is 7.82 Å². The van der Waals surface area contributed by atoms with Crippen LogP contribution in [0.25, 0.3) is 0 Å². The van der Waals surface area contributed by atoms with Crippen LogP contribution in [0.2, 0.25) is 0 Å². The van der Waals surface area contributed by atoms with Gasteiger partial charge in [-0.15, -0.1) is 0 Å². The van der Waals surface area contributed by atoms with Gasteiger partial charge in [-0.05, 0) is 109 Å². The number of esters is 3. The summed E-state index contributed by atoms with van der Waals surface area (Å²) < 4.78 is 39.1. The number of aliphatic hydroxyl groups excluding tert-OH is 1. The van der Waals surface area contributed by atoms with Crippen molar-refractivity contribution in [3.8, 4) is 0 Å². The molecule has 3 unspecified atom stereocenters. The number of carbonyl (C=O) groups is 3. The lowest BCUT2D eigenvalue weighted by Gasteiger charge is -2.21. The Morgan fingerprint density at radius 2 is 0.662 bits per heavy atom. The Morgan fingerprint density at radius 1 is 0.378 bits per heavy atom. The van der Waals surface area contributed by atoms with Gasteiger partial charge in [-0.2, -0.15) is 0 Å². The second kappa shape index (κ2) is 53.9. The summed E-state index contributed by atoms with van der Waals surface area (Å²) >= 11 is 0. The van der Waals surface area contributed by atoms with Gasteiger partial charge in [0.2, 0.25) is 0 Å². The first-order valence-corrected chi connectivity index (χ1v) is 28.2. The summed E-state index contributed by atoms with van der Waals surface area (Å²) in [5, 5.41) is 9.77. The molecule has 0 aliphatic heterocycles. The molecule has 11 nitrogen and oxygen atoms in total. The standard InChI is InChI=1S/C62H91O11P/c1-4-7-10-13-16-19-22-25-27-28-29-30-32-35-38-41-44-47-50-53-62(66)73-59(55-69-60(64)51-48-45-42-39-36-33-24-21-18-15-12-9-6-3)57-71-74(67,68)70-56-58(54-63)72-61(65)52-49-46-43-40-37-34-31-26-23-20-17-14-11-8-5-2/h7-12,16-21,25-27,29-31,33,35-38,40,42,44-47,49,58-59,63H,4-6,13-15,22-24,28,32,34,39,41,43,48,50-57H2,1-3H3,(H,67,68)/b10-7-,11-8-,12-9-,19-16-,20-17-,21-18-,27-25-,30-29-,31-26-,36-33-,38-35-,40-37-,45-42-,47-44-,49-46-. The second-order valence-electron chi connectivity index (χ2n) is 16.6. The lowest BCUT2D eigenvalue weighted by atomic mass is 10.2. The van der Waals surface area contributed by atoms with Gasteiger partial charge in [0, 0.05) is 12.8 Å². The molecule has 2 N–H and O–H groups in total. The van der Waals surface area contributed by atoms with Gasteiger partial charge >= 0.3 is 25.7 Å². The third-order valence-corrected chi connectivity index (χ3v) is 10.8. The fourth-order valence-corrected chi connectivity index (χ4v) is 6.72. The lowest BCUT2D eigenvalue weighted by molar-refractivity contribution is -0.161. The molecule has 3 atom stereocenters.